The smallest absolute Gasteiger partial charge is 0.146 e. The van der Waals surface area contributed by atoms with Gasteiger partial charge in [-0.25, -0.2) is 4.98 Å². The van der Waals surface area contributed by atoms with Crippen LogP contribution in [0.2, 0.25) is 0 Å². The topological polar surface area (TPSA) is 17.8 Å². The summed E-state index contributed by atoms with van der Waals surface area (Å²) >= 11 is 0. The van der Waals surface area contributed by atoms with Gasteiger partial charge in [0.05, 0.1) is 11.0 Å². The van der Waals surface area contributed by atoms with Crippen LogP contribution in [0.3, 0.4) is 0 Å². The quantitative estimate of drug-likeness (QED) is 0.130. The van der Waals surface area contributed by atoms with E-state index < -0.39 is 0 Å². The number of benzene rings is 12. The lowest BCUT2D eigenvalue weighted by atomic mass is 9.88. The summed E-state index contributed by atoms with van der Waals surface area (Å²) in [4.78, 5) is 5.91. The predicted molar refractivity (Wildman–Crippen MR) is 251 cm³/mol. The second-order valence-electron chi connectivity index (χ2n) is 15.8. The third-order valence-electron chi connectivity index (χ3n) is 12.7. The Morgan fingerprint density at radius 2 is 0.814 bits per heavy atom. The predicted octanol–water partition coefficient (Wildman–Crippen LogP) is 15.5. The van der Waals surface area contributed by atoms with Crippen LogP contribution in [0.1, 0.15) is 0 Å². The van der Waals surface area contributed by atoms with Crippen molar-refractivity contribution in [2.24, 2.45) is 0 Å². The minimum atomic E-state index is 0.923. The van der Waals surface area contributed by atoms with Crippen molar-refractivity contribution in [3.8, 4) is 39.3 Å². The first-order valence-electron chi connectivity index (χ1n) is 20.4. The molecule has 0 saturated heterocycles. The molecular formula is C57H34N2. The highest BCUT2D eigenvalue weighted by molar-refractivity contribution is 6.34. The lowest BCUT2D eigenvalue weighted by Crippen LogP contribution is -2.00. The summed E-state index contributed by atoms with van der Waals surface area (Å²) in [6.45, 7) is 0. The molecule has 0 amide bonds. The molecule has 2 nitrogen and oxygen atoms in total. The number of para-hydroxylation sites is 1. The Morgan fingerprint density at radius 1 is 0.322 bits per heavy atom. The molecule has 0 aliphatic rings. The molecule has 1 heterocycles. The van der Waals surface area contributed by atoms with Crippen molar-refractivity contribution in [3.05, 3.63) is 206 Å². The van der Waals surface area contributed by atoms with E-state index in [0.29, 0.717) is 0 Å². The summed E-state index contributed by atoms with van der Waals surface area (Å²) in [6.07, 6.45) is 0. The Balaban J connectivity index is 1.23. The molecule has 0 saturated carbocycles. The normalized spacial score (nSPS) is 12.1. The van der Waals surface area contributed by atoms with E-state index >= 15 is 0 Å². The van der Waals surface area contributed by atoms with Gasteiger partial charge in [-0.2, -0.15) is 0 Å². The van der Waals surface area contributed by atoms with Crippen LogP contribution >= 0.6 is 0 Å². The monoisotopic (exact) mass is 746 g/mol. The molecule has 0 aliphatic heterocycles. The molecule has 0 unspecified atom stereocenters. The van der Waals surface area contributed by atoms with Gasteiger partial charge in [-0.05, 0) is 117 Å². The van der Waals surface area contributed by atoms with Crippen molar-refractivity contribution >= 4 is 86.4 Å². The lowest BCUT2D eigenvalue weighted by Gasteiger charge is -2.19. The number of rotatable bonds is 4. The van der Waals surface area contributed by atoms with Gasteiger partial charge in [0.2, 0.25) is 0 Å². The van der Waals surface area contributed by atoms with Gasteiger partial charge in [0, 0.05) is 22.4 Å². The Kier molecular flexibility index (Phi) is 6.76. The summed E-state index contributed by atoms with van der Waals surface area (Å²) in [5, 5.41) is 17.4. The van der Waals surface area contributed by atoms with Crippen LogP contribution in [-0.2, 0) is 0 Å². The van der Waals surface area contributed by atoms with Crippen LogP contribution in [0.5, 0.6) is 0 Å². The number of fused-ring (bicyclic) bond motifs is 6. The molecule has 0 atom stereocenters. The zero-order chi connectivity index (χ0) is 38.6. The van der Waals surface area contributed by atoms with Crippen molar-refractivity contribution in [2.45, 2.75) is 0 Å². The maximum absolute atomic E-state index is 5.91. The molecule has 59 heavy (non-hydrogen) atoms. The molecule has 0 aliphatic carbocycles. The van der Waals surface area contributed by atoms with E-state index in [1.54, 1.807) is 0 Å². The Labute approximate surface area is 340 Å². The fraction of sp³-hybridized carbons (Fsp3) is 0. The van der Waals surface area contributed by atoms with Crippen LogP contribution < -0.4 is 0 Å². The SMILES string of the molecule is c1ccc(-n2c(-c3ccc4c5cccc6cccc(c7cccc3c74)c65)nc3c(-c4ccc5ccccc5c4)c4ccccc4c(-c4ccc5ccccc5c4)c32)cc1. The summed E-state index contributed by atoms with van der Waals surface area (Å²) in [6, 6.07) is 75.7. The highest BCUT2D eigenvalue weighted by Gasteiger charge is 2.27. The van der Waals surface area contributed by atoms with Crippen molar-refractivity contribution < 1.29 is 0 Å². The largest absolute Gasteiger partial charge is 0.292 e. The average molecular weight is 747 g/mol. The molecule has 0 bridgehead atoms. The van der Waals surface area contributed by atoms with Gasteiger partial charge >= 0.3 is 0 Å². The van der Waals surface area contributed by atoms with Gasteiger partial charge in [-0.15, -0.1) is 0 Å². The van der Waals surface area contributed by atoms with Gasteiger partial charge in [-0.3, -0.25) is 4.57 Å². The van der Waals surface area contributed by atoms with Crippen LogP contribution in [0.15, 0.2) is 206 Å². The molecule has 0 radical (unpaired) electrons. The first-order chi connectivity index (χ1) is 29.3. The zero-order valence-corrected chi connectivity index (χ0v) is 32.0. The molecule has 13 rings (SSSR count). The van der Waals surface area contributed by atoms with E-state index in [1.165, 1.54) is 86.5 Å². The van der Waals surface area contributed by atoms with E-state index in [9.17, 15) is 0 Å². The Hall–Kier alpha value is -7.81. The minimum Gasteiger partial charge on any atom is -0.292 e. The number of hydrogen-bond acceptors (Lipinski definition) is 1. The van der Waals surface area contributed by atoms with Crippen molar-refractivity contribution in [3.63, 3.8) is 0 Å². The third-order valence-corrected chi connectivity index (χ3v) is 12.7. The fourth-order valence-corrected chi connectivity index (χ4v) is 10.1. The highest BCUT2D eigenvalue weighted by Crippen LogP contribution is 2.49. The van der Waals surface area contributed by atoms with E-state index in [4.69, 9.17) is 4.98 Å². The number of aromatic nitrogens is 2. The summed E-state index contributed by atoms with van der Waals surface area (Å²) in [7, 11) is 0. The van der Waals surface area contributed by atoms with Crippen molar-refractivity contribution in [1.29, 1.82) is 0 Å². The average Bonchev–Trinajstić information content (AvgIpc) is 3.69. The molecule has 0 spiro atoms. The molecule has 12 aromatic carbocycles. The highest BCUT2D eigenvalue weighted by atomic mass is 15.1. The zero-order valence-electron chi connectivity index (χ0n) is 32.0. The third kappa shape index (κ3) is 4.66. The molecule has 272 valence electrons. The second-order valence-corrected chi connectivity index (χ2v) is 15.8. The van der Waals surface area contributed by atoms with Gasteiger partial charge in [0.15, 0.2) is 0 Å². The molecule has 0 N–H and O–H groups in total. The number of imidazole rings is 1. The first kappa shape index (κ1) is 32.3. The molecule has 13 aromatic rings. The van der Waals surface area contributed by atoms with E-state index in [1.807, 2.05) is 0 Å². The fourth-order valence-electron chi connectivity index (χ4n) is 10.1. The lowest BCUT2D eigenvalue weighted by molar-refractivity contribution is 1.11. The molecule has 2 heteroatoms. The minimum absolute atomic E-state index is 0.923. The van der Waals surface area contributed by atoms with E-state index in [0.717, 1.165) is 39.2 Å². The van der Waals surface area contributed by atoms with E-state index in [2.05, 4.69) is 211 Å². The number of hydrogen-bond donors (Lipinski definition) is 0. The maximum Gasteiger partial charge on any atom is 0.146 e. The molecular weight excluding hydrogens is 713 g/mol. The molecule has 1 aromatic heterocycles. The summed E-state index contributed by atoms with van der Waals surface area (Å²) in [5.74, 6) is 0.923. The van der Waals surface area contributed by atoms with E-state index in [-0.39, 0.29) is 0 Å². The molecule has 0 fully saturated rings. The Bertz CT molecular complexity index is 3790. The summed E-state index contributed by atoms with van der Waals surface area (Å²) < 4.78 is 2.44. The number of nitrogens with zero attached hydrogens (tertiary/aromatic N) is 2. The standard InChI is InChI=1S/C57H34N2/c1-2-19-42(20-3-1)59-56-53(41-30-28-36-14-5-7-16-39(36)34-41)46-22-9-8-21-45(46)52(40-29-27-35-13-4-6-15-38(35)33-40)55(56)58-57(59)50-32-31-49-44-24-11-18-37-17-10-23-43(51(37)44)47-25-12-26-48(50)54(47)49/h1-34H. The first-order valence-corrected chi connectivity index (χ1v) is 20.4. The maximum atomic E-state index is 5.91. The van der Waals surface area contributed by atoms with Crippen LogP contribution in [0.4, 0.5) is 0 Å². The van der Waals surface area contributed by atoms with Crippen LogP contribution in [0, 0.1) is 0 Å². The summed E-state index contributed by atoms with van der Waals surface area (Å²) in [5.41, 5.74) is 8.90. The van der Waals surface area contributed by atoms with Crippen molar-refractivity contribution in [2.75, 3.05) is 0 Å². The van der Waals surface area contributed by atoms with Crippen LogP contribution in [-0.4, -0.2) is 9.55 Å². The van der Waals surface area contributed by atoms with Gasteiger partial charge < -0.3 is 0 Å². The van der Waals surface area contributed by atoms with Crippen molar-refractivity contribution in [1.82, 2.24) is 9.55 Å². The second kappa shape index (κ2) is 12.3. The Morgan fingerprint density at radius 3 is 1.49 bits per heavy atom. The van der Waals surface area contributed by atoms with Gasteiger partial charge in [0.1, 0.15) is 5.82 Å². The van der Waals surface area contributed by atoms with Crippen LogP contribution in [0.25, 0.3) is 126 Å². The van der Waals surface area contributed by atoms with Gasteiger partial charge in [-0.1, -0.05) is 176 Å². The van der Waals surface area contributed by atoms with Gasteiger partial charge in [0.25, 0.3) is 0 Å².